The van der Waals surface area contributed by atoms with Crippen LogP contribution in [0, 0.1) is 0 Å². The summed E-state index contributed by atoms with van der Waals surface area (Å²) in [5.74, 6) is -5.38. The topological polar surface area (TPSA) is 209 Å². The van der Waals surface area contributed by atoms with Gasteiger partial charge in [-0.25, -0.2) is 24.7 Å². The Bertz CT molecular complexity index is 1260. The molecular weight excluding hydrogens is 531 g/mol. The molecule has 4 heterocycles. The minimum absolute atomic E-state index is 0. The molecule has 0 amide bonds. The fourth-order valence-corrected chi connectivity index (χ4v) is 2.77. The van der Waals surface area contributed by atoms with Gasteiger partial charge in [-0.3, -0.25) is 0 Å². The minimum atomic E-state index is -1.41. The Morgan fingerprint density at radius 1 is 0.486 bits per heavy atom. The smallest absolute Gasteiger partial charge is 0.543 e. The summed E-state index contributed by atoms with van der Waals surface area (Å²) in [6.45, 7) is 0. The van der Waals surface area contributed by atoms with Crippen LogP contribution in [-0.4, -0.2) is 48.9 Å². The van der Waals surface area contributed by atoms with Crippen molar-refractivity contribution in [2.24, 2.45) is 0 Å². The minimum Gasteiger partial charge on any atom is -0.543 e. The molecule has 37 heavy (non-hydrogen) atoms. The van der Waals surface area contributed by atoms with Gasteiger partial charge in [0.2, 0.25) is 0 Å². The van der Waals surface area contributed by atoms with Crippen LogP contribution < -0.4 is 15.3 Å². The number of carboxylic acids is 4. The third kappa shape index (κ3) is 7.48. The number of hydrogen-bond acceptors (Lipinski definition) is 11. The fraction of sp³-hybridized carbons (Fsp3) is 0. The number of pyridine rings is 4. The van der Waals surface area contributed by atoms with Crippen molar-refractivity contribution in [3.63, 3.8) is 0 Å². The standard InChI is InChI=1S/2C12H8N2O4.Co/c2*15-11(16)9-5-1-3-7(13-9)8-4-2-6-10(14-8)12(17)18;/h2*1-6H,(H,15,16)(H,17,18);/q;;+3/p-3. The Morgan fingerprint density at radius 2 is 0.730 bits per heavy atom. The van der Waals surface area contributed by atoms with Crippen LogP contribution in [0.4, 0.5) is 0 Å². The second-order valence-corrected chi connectivity index (χ2v) is 6.80. The molecule has 1 N–H and O–H groups in total. The van der Waals surface area contributed by atoms with E-state index in [1.807, 2.05) is 0 Å². The summed E-state index contributed by atoms with van der Waals surface area (Å²) < 4.78 is 0. The molecular formula is C24H13CoN4O8. The first-order chi connectivity index (χ1) is 17.2. The van der Waals surface area contributed by atoms with Crippen molar-refractivity contribution in [1.82, 2.24) is 19.9 Å². The fourth-order valence-electron chi connectivity index (χ4n) is 2.77. The molecule has 4 aromatic heterocycles. The zero-order chi connectivity index (χ0) is 26.2. The van der Waals surface area contributed by atoms with Crippen molar-refractivity contribution in [1.29, 1.82) is 0 Å². The van der Waals surface area contributed by atoms with Gasteiger partial charge >= 0.3 is 22.7 Å². The van der Waals surface area contributed by atoms with E-state index in [2.05, 4.69) is 19.9 Å². The average Bonchev–Trinajstić information content (AvgIpc) is 2.89. The molecule has 0 saturated carbocycles. The van der Waals surface area contributed by atoms with Crippen LogP contribution >= 0.6 is 0 Å². The number of aromatic carboxylic acids is 4. The van der Waals surface area contributed by atoms with Crippen molar-refractivity contribution in [3.8, 4) is 22.8 Å². The molecule has 0 spiro atoms. The Balaban J connectivity index is 0.000000253. The van der Waals surface area contributed by atoms with Gasteiger partial charge in [0.15, 0.2) is 0 Å². The van der Waals surface area contributed by atoms with Crippen molar-refractivity contribution >= 4 is 23.9 Å². The predicted molar refractivity (Wildman–Crippen MR) is 115 cm³/mol. The van der Waals surface area contributed by atoms with E-state index < -0.39 is 23.9 Å². The van der Waals surface area contributed by atoms with Gasteiger partial charge in [-0.15, -0.1) is 0 Å². The summed E-state index contributed by atoms with van der Waals surface area (Å²) in [5.41, 5.74) is 0.224. The predicted octanol–water partition coefficient (Wildman–Crippen LogP) is -0.927. The van der Waals surface area contributed by atoms with Crippen LogP contribution in [0.5, 0.6) is 0 Å². The molecule has 4 rings (SSSR count). The quantitative estimate of drug-likeness (QED) is 0.312. The maximum absolute atomic E-state index is 10.8. The number of aromatic nitrogens is 4. The summed E-state index contributed by atoms with van der Waals surface area (Å²) >= 11 is 0. The third-order valence-corrected chi connectivity index (χ3v) is 4.37. The second-order valence-electron chi connectivity index (χ2n) is 6.80. The van der Waals surface area contributed by atoms with Crippen LogP contribution in [0.3, 0.4) is 0 Å². The average molecular weight is 544 g/mol. The molecule has 0 fully saturated rings. The van der Waals surface area contributed by atoms with Crippen LogP contribution in [-0.2, 0) is 16.8 Å². The summed E-state index contributed by atoms with van der Waals surface area (Å²) in [4.78, 5) is 58.1. The number of carbonyl (C=O) groups is 4. The Morgan fingerprint density at radius 3 is 0.973 bits per heavy atom. The van der Waals surface area contributed by atoms with E-state index in [1.54, 1.807) is 12.1 Å². The third-order valence-electron chi connectivity index (χ3n) is 4.37. The molecule has 0 aliphatic carbocycles. The summed E-state index contributed by atoms with van der Waals surface area (Å²) in [6.07, 6.45) is 0. The van der Waals surface area contributed by atoms with E-state index >= 15 is 0 Å². The summed E-state index contributed by atoms with van der Waals surface area (Å²) in [7, 11) is 0. The normalized spacial score (nSPS) is 9.73. The number of rotatable bonds is 6. The van der Waals surface area contributed by atoms with E-state index in [-0.39, 0.29) is 62.3 Å². The second kappa shape index (κ2) is 12.6. The maximum Gasteiger partial charge on any atom is 3.00 e. The molecule has 0 aliphatic rings. The molecule has 0 saturated heterocycles. The van der Waals surface area contributed by atoms with Crippen molar-refractivity contribution in [2.45, 2.75) is 0 Å². The van der Waals surface area contributed by atoms with Gasteiger partial charge in [-0.1, -0.05) is 24.3 Å². The Hall–Kier alpha value is -5.01. The summed E-state index contributed by atoms with van der Waals surface area (Å²) in [5, 5.41) is 40.8. The first-order valence-electron chi connectivity index (χ1n) is 9.92. The maximum atomic E-state index is 10.8. The number of hydrogen-bond donors (Lipinski definition) is 1. The Kier molecular flexibility index (Phi) is 9.63. The molecule has 0 atom stereocenters. The van der Waals surface area contributed by atoms with Crippen LogP contribution in [0.15, 0.2) is 72.8 Å². The molecule has 0 bridgehead atoms. The number of carbonyl (C=O) groups excluding carboxylic acids is 3. The van der Waals surface area contributed by atoms with Gasteiger partial charge in [0.25, 0.3) is 0 Å². The van der Waals surface area contributed by atoms with E-state index in [4.69, 9.17) is 5.11 Å². The number of carboxylic acid groups (broad SMARTS) is 4. The zero-order valence-electron chi connectivity index (χ0n) is 18.4. The monoisotopic (exact) mass is 544 g/mol. The van der Waals surface area contributed by atoms with Gasteiger partial charge in [0.05, 0.1) is 57.8 Å². The van der Waals surface area contributed by atoms with Gasteiger partial charge in [0, 0.05) is 0 Å². The number of nitrogens with zero attached hydrogens (tertiary/aromatic N) is 4. The SMILES string of the molecule is O=C([O-])c1cccc(-c2cccc(C(=O)O)n2)n1.O=C([O-])c1cccc(-c2cccc(C(=O)[O-])n2)n1.[Co+3]. The molecule has 186 valence electrons. The summed E-state index contributed by atoms with van der Waals surface area (Å²) in [6, 6.07) is 17.3. The molecule has 13 heteroatoms. The van der Waals surface area contributed by atoms with E-state index in [1.165, 1.54) is 60.7 Å². The van der Waals surface area contributed by atoms with Crippen LogP contribution in [0.25, 0.3) is 22.8 Å². The van der Waals surface area contributed by atoms with E-state index in [0.717, 1.165) is 0 Å². The van der Waals surface area contributed by atoms with E-state index in [9.17, 15) is 34.5 Å². The Labute approximate surface area is 218 Å². The van der Waals surface area contributed by atoms with Gasteiger partial charge in [-0.2, -0.15) is 0 Å². The van der Waals surface area contributed by atoms with Crippen molar-refractivity contribution < 1.29 is 56.4 Å². The molecule has 0 aromatic carbocycles. The van der Waals surface area contributed by atoms with Crippen LogP contribution in [0.1, 0.15) is 42.0 Å². The molecule has 12 nitrogen and oxygen atoms in total. The van der Waals surface area contributed by atoms with Gasteiger partial charge in [-0.05, 0) is 48.5 Å². The zero-order valence-corrected chi connectivity index (χ0v) is 19.4. The molecule has 4 aromatic rings. The first kappa shape index (κ1) is 28.2. The van der Waals surface area contributed by atoms with Crippen molar-refractivity contribution in [3.05, 3.63) is 95.6 Å². The van der Waals surface area contributed by atoms with Crippen LogP contribution in [0.2, 0.25) is 0 Å². The molecule has 0 aliphatic heterocycles. The van der Waals surface area contributed by atoms with Gasteiger partial charge in [0.1, 0.15) is 5.69 Å². The van der Waals surface area contributed by atoms with E-state index in [0.29, 0.717) is 0 Å². The molecule has 0 unspecified atom stereocenters. The molecule has 0 radical (unpaired) electrons. The first-order valence-corrected chi connectivity index (χ1v) is 9.92. The largest absolute Gasteiger partial charge is 3.00 e. The van der Waals surface area contributed by atoms with Gasteiger partial charge < -0.3 is 34.8 Å². The van der Waals surface area contributed by atoms with Crippen molar-refractivity contribution in [2.75, 3.05) is 0 Å².